The zero-order valence-corrected chi connectivity index (χ0v) is 12.7. The van der Waals surface area contributed by atoms with E-state index in [0.29, 0.717) is 13.2 Å². The summed E-state index contributed by atoms with van der Waals surface area (Å²) in [5.41, 5.74) is 2.73. The molecule has 2 aromatic heterocycles. The van der Waals surface area contributed by atoms with Crippen LogP contribution in [-0.4, -0.2) is 23.2 Å². The molecule has 0 N–H and O–H groups in total. The van der Waals surface area contributed by atoms with E-state index in [1.54, 1.807) is 23.7 Å². The molecule has 3 heterocycles. The van der Waals surface area contributed by atoms with Crippen LogP contribution in [0.25, 0.3) is 21.5 Å². The Bertz CT molecular complexity index is 803. The average Bonchev–Trinajstić information content (AvgIpc) is 2.92. The van der Waals surface area contributed by atoms with Crippen LogP contribution in [-0.2, 0) is 0 Å². The maximum atomic E-state index is 5.75. The van der Waals surface area contributed by atoms with Gasteiger partial charge in [0.25, 0.3) is 0 Å². The Hall–Kier alpha value is -1.66. The predicted octanol–water partition coefficient (Wildman–Crippen LogP) is 3.89. The molecule has 1 aliphatic heterocycles. The van der Waals surface area contributed by atoms with Crippen molar-refractivity contribution in [3.8, 4) is 21.9 Å². The number of fused-ring (bicyclic) bond motifs is 2. The van der Waals surface area contributed by atoms with Gasteiger partial charge in [0.15, 0.2) is 11.5 Å². The second-order valence-electron chi connectivity index (χ2n) is 4.30. The Morgan fingerprint density at radius 3 is 2.75 bits per heavy atom. The summed E-state index contributed by atoms with van der Waals surface area (Å²) in [5, 5.41) is 1.98. The molecule has 1 aromatic carbocycles. The second kappa shape index (κ2) is 4.71. The zero-order chi connectivity index (χ0) is 13.5. The smallest absolute Gasteiger partial charge is 0.180 e. The van der Waals surface area contributed by atoms with Gasteiger partial charge in [-0.1, -0.05) is 0 Å². The summed E-state index contributed by atoms with van der Waals surface area (Å²) in [7, 11) is 0. The fourth-order valence-electron chi connectivity index (χ4n) is 2.26. The van der Waals surface area contributed by atoms with Crippen molar-refractivity contribution >= 4 is 38.3 Å². The van der Waals surface area contributed by atoms with Gasteiger partial charge in [-0.05, 0) is 28.1 Å². The third-order valence-corrected chi connectivity index (χ3v) is 4.73. The first kappa shape index (κ1) is 12.1. The van der Waals surface area contributed by atoms with Crippen LogP contribution in [0.4, 0.5) is 0 Å². The first-order valence-corrected chi connectivity index (χ1v) is 7.78. The van der Waals surface area contributed by atoms with Gasteiger partial charge in [0, 0.05) is 27.8 Å². The molecule has 4 rings (SSSR count). The lowest BCUT2D eigenvalue weighted by Crippen LogP contribution is -2.14. The highest BCUT2D eigenvalue weighted by Crippen LogP contribution is 2.47. The van der Waals surface area contributed by atoms with Crippen molar-refractivity contribution in [2.24, 2.45) is 0 Å². The molecule has 0 spiro atoms. The van der Waals surface area contributed by atoms with Gasteiger partial charge in [-0.3, -0.25) is 9.97 Å². The standard InChI is InChI=1S/C14H9BrN2O2S/c15-9-2-1-8(11-12(9)17-4-3-16-11)14-13-10(7-20-14)18-5-6-19-13/h1-4,7H,5-6H2. The normalized spacial score (nSPS) is 13.7. The van der Waals surface area contributed by atoms with Gasteiger partial charge in [0.1, 0.15) is 18.7 Å². The van der Waals surface area contributed by atoms with E-state index in [2.05, 4.69) is 25.9 Å². The predicted molar refractivity (Wildman–Crippen MR) is 81.5 cm³/mol. The van der Waals surface area contributed by atoms with Crippen LogP contribution >= 0.6 is 27.3 Å². The summed E-state index contributed by atoms with van der Waals surface area (Å²) in [5.74, 6) is 1.63. The quantitative estimate of drug-likeness (QED) is 0.669. The maximum absolute atomic E-state index is 5.75. The van der Waals surface area contributed by atoms with Gasteiger partial charge in [-0.25, -0.2) is 0 Å². The van der Waals surface area contributed by atoms with Crippen LogP contribution in [0.3, 0.4) is 0 Å². The number of benzene rings is 1. The van der Waals surface area contributed by atoms with Crippen molar-refractivity contribution in [3.05, 3.63) is 34.4 Å². The van der Waals surface area contributed by atoms with E-state index in [9.17, 15) is 0 Å². The molecule has 3 aromatic rings. The number of halogens is 1. The van der Waals surface area contributed by atoms with Crippen molar-refractivity contribution in [1.82, 2.24) is 9.97 Å². The summed E-state index contributed by atoms with van der Waals surface area (Å²) in [6.45, 7) is 1.18. The van der Waals surface area contributed by atoms with Crippen LogP contribution in [0.5, 0.6) is 11.5 Å². The zero-order valence-electron chi connectivity index (χ0n) is 10.3. The van der Waals surface area contributed by atoms with Gasteiger partial charge in [0.2, 0.25) is 0 Å². The van der Waals surface area contributed by atoms with Crippen LogP contribution < -0.4 is 9.47 Å². The monoisotopic (exact) mass is 348 g/mol. The minimum Gasteiger partial charge on any atom is -0.485 e. The summed E-state index contributed by atoms with van der Waals surface area (Å²) in [6, 6.07) is 4.02. The molecule has 0 saturated heterocycles. The van der Waals surface area contributed by atoms with Crippen molar-refractivity contribution in [1.29, 1.82) is 0 Å². The Balaban J connectivity index is 1.99. The van der Waals surface area contributed by atoms with E-state index < -0.39 is 0 Å². The number of nitrogens with zero attached hydrogens (tertiary/aromatic N) is 2. The fourth-order valence-corrected chi connectivity index (χ4v) is 3.64. The van der Waals surface area contributed by atoms with E-state index in [1.807, 2.05) is 17.5 Å². The molecule has 0 atom stereocenters. The number of thiophene rings is 1. The molecule has 0 amide bonds. The lowest BCUT2D eigenvalue weighted by molar-refractivity contribution is 0.174. The van der Waals surface area contributed by atoms with E-state index in [4.69, 9.17) is 9.47 Å². The Kier molecular flexibility index (Phi) is 2.85. The number of hydrogen-bond donors (Lipinski definition) is 0. The van der Waals surface area contributed by atoms with Gasteiger partial charge in [-0.15, -0.1) is 11.3 Å². The third-order valence-electron chi connectivity index (χ3n) is 3.12. The van der Waals surface area contributed by atoms with E-state index in [-0.39, 0.29) is 0 Å². The molecule has 100 valence electrons. The van der Waals surface area contributed by atoms with Gasteiger partial charge < -0.3 is 9.47 Å². The van der Waals surface area contributed by atoms with Crippen LogP contribution in [0, 0.1) is 0 Å². The minimum absolute atomic E-state index is 0.580. The number of rotatable bonds is 1. The first-order chi connectivity index (χ1) is 9.84. The van der Waals surface area contributed by atoms with Crippen molar-refractivity contribution in [2.75, 3.05) is 13.2 Å². The third kappa shape index (κ3) is 1.79. The van der Waals surface area contributed by atoms with E-state index >= 15 is 0 Å². The lowest BCUT2D eigenvalue weighted by Gasteiger charge is -2.16. The topological polar surface area (TPSA) is 44.2 Å². The summed E-state index contributed by atoms with van der Waals surface area (Å²) < 4.78 is 12.3. The molecule has 0 bridgehead atoms. The molecule has 1 aliphatic rings. The van der Waals surface area contributed by atoms with Crippen molar-refractivity contribution in [3.63, 3.8) is 0 Å². The largest absolute Gasteiger partial charge is 0.485 e. The lowest BCUT2D eigenvalue weighted by atomic mass is 10.1. The molecule has 0 fully saturated rings. The molecule has 0 saturated carbocycles. The molecular weight excluding hydrogens is 340 g/mol. The van der Waals surface area contributed by atoms with Crippen LogP contribution in [0.1, 0.15) is 0 Å². The number of hydrogen-bond acceptors (Lipinski definition) is 5. The molecule has 6 heteroatoms. The van der Waals surface area contributed by atoms with Gasteiger partial charge in [0.05, 0.1) is 10.4 Å². The van der Waals surface area contributed by atoms with Crippen LogP contribution in [0.2, 0.25) is 0 Å². The maximum Gasteiger partial charge on any atom is 0.180 e. The second-order valence-corrected chi connectivity index (χ2v) is 6.04. The Labute approximate surface area is 127 Å². The molecule has 20 heavy (non-hydrogen) atoms. The Morgan fingerprint density at radius 1 is 1.05 bits per heavy atom. The van der Waals surface area contributed by atoms with E-state index in [1.165, 1.54) is 0 Å². The van der Waals surface area contributed by atoms with Gasteiger partial charge >= 0.3 is 0 Å². The highest BCUT2D eigenvalue weighted by molar-refractivity contribution is 9.10. The van der Waals surface area contributed by atoms with Crippen molar-refractivity contribution < 1.29 is 9.47 Å². The molecule has 0 radical (unpaired) electrons. The molecular formula is C14H9BrN2O2S. The minimum atomic E-state index is 0.580. The van der Waals surface area contributed by atoms with Crippen LogP contribution in [0.15, 0.2) is 34.4 Å². The average molecular weight is 349 g/mol. The molecule has 0 unspecified atom stereocenters. The van der Waals surface area contributed by atoms with E-state index in [0.717, 1.165) is 37.4 Å². The number of ether oxygens (including phenoxy) is 2. The molecule has 4 nitrogen and oxygen atoms in total. The van der Waals surface area contributed by atoms with Crippen molar-refractivity contribution in [2.45, 2.75) is 0 Å². The summed E-state index contributed by atoms with van der Waals surface area (Å²) in [6.07, 6.45) is 3.40. The summed E-state index contributed by atoms with van der Waals surface area (Å²) in [4.78, 5) is 9.89. The Morgan fingerprint density at radius 2 is 1.85 bits per heavy atom. The SMILES string of the molecule is Brc1ccc(-c2scc3c2OCCO3)c2nccnc12. The highest BCUT2D eigenvalue weighted by Gasteiger charge is 2.22. The highest BCUT2D eigenvalue weighted by atomic mass is 79.9. The first-order valence-electron chi connectivity index (χ1n) is 6.11. The van der Waals surface area contributed by atoms with Gasteiger partial charge in [-0.2, -0.15) is 0 Å². The number of aromatic nitrogens is 2. The summed E-state index contributed by atoms with van der Waals surface area (Å²) >= 11 is 5.12. The molecule has 0 aliphatic carbocycles. The fraction of sp³-hybridized carbons (Fsp3) is 0.143.